The third-order valence-corrected chi connectivity index (χ3v) is 5.39. The fourth-order valence-corrected chi connectivity index (χ4v) is 3.60. The molecule has 0 spiro atoms. The standard InChI is InChI=1S/C19H18F2N4O3S/c20-17-8-7-16(13-18(17)21)29(27,28)24-15-5-3-14(4-6-15)19(26)22-9-1-11-25-12-2-10-23-25/h2-8,10,12-13,24H,1,9,11H2,(H,22,26). The first-order valence-corrected chi connectivity index (χ1v) is 10.2. The SMILES string of the molecule is O=C(NCCCn1cccn1)c1ccc(NS(=O)(=O)c2ccc(F)c(F)c2)cc1. The summed E-state index contributed by atoms with van der Waals surface area (Å²) in [7, 11) is -4.09. The molecule has 1 aromatic heterocycles. The van der Waals surface area contributed by atoms with E-state index in [9.17, 15) is 22.0 Å². The molecule has 0 atom stereocenters. The zero-order valence-electron chi connectivity index (χ0n) is 15.2. The molecule has 0 aliphatic heterocycles. The average molecular weight is 420 g/mol. The molecule has 3 rings (SSSR count). The van der Waals surface area contributed by atoms with Crippen molar-refractivity contribution in [3.8, 4) is 0 Å². The number of halogens is 2. The highest BCUT2D eigenvalue weighted by Gasteiger charge is 2.17. The van der Waals surface area contributed by atoms with Crippen LogP contribution in [0.1, 0.15) is 16.8 Å². The number of aromatic nitrogens is 2. The molecule has 0 saturated carbocycles. The van der Waals surface area contributed by atoms with Gasteiger partial charge in [-0.2, -0.15) is 5.10 Å². The lowest BCUT2D eigenvalue weighted by molar-refractivity contribution is 0.0952. The Hall–Kier alpha value is -3.27. The van der Waals surface area contributed by atoms with E-state index in [4.69, 9.17) is 0 Å². The Kier molecular flexibility index (Phi) is 6.23. The fourth-order valence-electron chi connectivity index (χ4n) is 2.53. The van der Waals surface area contributed by atoms with E-state index in [1.807, 2.05) is 12.3 Å². The van der Waals surface area contributed by atoms with Gasteiger partial charge >= 0.3 is 0 Å². The lowest BCUT2D eigenvalue weighted by Gasteiger charge is -2.10. The largest absolute Gasteiger partial charge is 0.352 e. The fraction of sp³-hybridized carbons (Fsp3) is 0.158. The quantitative estimate of drug-likeness (QED) is 0.548. The summed E-state index contributed by atoms with van der Waals surface area (Å²) in [6, 6.07) is 9.88. The van der Waals surface area contributed by atoms with Crippen molar-refractivity contribution in [2.24, 2.45) is 0 Å². The van der Waals surface area contributed by atoms with Crippen LogP contribution in [0, 0.1) is 11.6 Å². The average Bonchev–Trinajstić information content (AvgIpc) is 3.21. The smallest absolute Gasteiger partial charge is 0.261 e. The maximum Gasteiger partial charge on any atom is 0.261 e. The number of carbonyl (C=O) groups excluding carboxylic acids is 1. The monoisotopic (exact) mass is 420 g/mol. The first-order valence-electron chi connectivity index (χ1n) is 8.69. The van der Waals surface area contributed by atoms with Gasteiger partial charge in [0.25, 0.3) is 15.9 Å². The molecule has 1 heterocycles. The van der Waals surface area contributed by atoms with Crippen molar-refractivity contribution in [2.75, 3.05) is 11.3 Å². The highest BCUT2D eigenvalue weighted by atomic mass is 32.2. The van der Waals surface area contributed by atoms with Gasteiger partial charge in [-0.25, -0.2) is 17.2 Å². The van der Waals surface area contributed by atoms with Gasteiger partial charge in [-0.05, 0) is 55.0 Å². The molecule has 0 unspecified atom stereocenters. The molecule has 7 nitrogen and oxygen atoms in total. The number of sulfonamides is 1. The van der Waals surface area contributed by atoms with Crippen LogP contribution in [-0.4, -0.2) is 30.7 Å². The molecule has 0 fully saturated rings. The van der Waals surface area contributed by atoms with E-state index in [2.05, 4.69) is 15.1 Å². The maximum absolute atomic E-state index is 13.3. The molecule has 2 N–H and O–H groups in total. The third kappa shape index (κ3) is 5.38. The predicted octanol–water partition coefficient (Wildman–Crippen LogP) is 2.78. The second-order valence-electron chi connectivity index (χ2n) is 6.14. The number of nitrogens with one attached hydrogen (secondary N) is 2. The van der Waals surface area contributed by atoms with E-state index >= 15 is 0 Å². The summed E-state index contributed by atoms with van der Waals surface area (Å²) in [6.07, 6.45) is 4.22. The summed E-state index contributed by atoms with van der Waals surface area (Å²) in [5.41, 5.74) is 0.546. The number of aryl methyl sites for hydroxylation is 1. The van der Waals surface area contributed by atoms with Crippen molar-refractivity contribution in [3.63, 3.8) is 0 Å². The van der Waals surface area contributed by atoms with Gasteiger partial charge in [0, 0.05) is 36.7 Å². The van der Waals surface area contributed by atoms with Crippen molar-refractivity contribution >= 4 is 21.6 Å². The molecule has 29 heavy (non-hydrogen) atoms. The summed E-state index contributed by atoms with van der Waals surface area (Å²) in [6.45, 7) is 1.14. The summed E-state index contributed by atoms with van der Waals surface area (Å²) in [5.74, 6) is -2.68. The molecule has 152 valence electrons. The molecule has 0 bridgehead atoms. The molecular weight excluding hydrogens is 402 g/mol. The van der Waals surface area contributed by atoms with E-state index in [1.165, 1.54) is 24.3 Å². The number of anilines is 1. The van der Waals surface area contributed by atoms with Gasteiger partial charge in [-0.3, -0.25) is 14.2 Å². The molecule has 10 heteroatoms. The zero-order valence-corrected chi connectivity index (χ0v) is 16.0. The van der Waals surface area contributed by atoms with Gasteiger partial charge in [-0.15, -0.1) is 0 Å². The van der Waals surface area contributed by atoms with Gasteiger partial charge < -0.3 is 5.32 Å². The summed E-state index contributed by atoms with van der Waals surface area (Å²) >= 11 is 0. The Labute approximate surface area is 166 Å². The van der Waals surface area contributed by atoms with Crippen LogP contribution < -0.4 is 10.0 Å². The lowest BCUT2D eigenvalue weighted by atomic mass is 10.2. The van der Waals surface area contributed by atoms with Crippen LogP contribution in [0.25, 0.3) is 0 Å². The first-order chi connectivity index (χ1) is 13.8. The molecule has 0 radical (unpaired) electrons. The van der Waals surface area contributed by atoms with Crippen molar-refractivity contribution < 1.29 is 22.0 Å². The van der Waals surface area contributed by atoms with E-state index in [-0.39, 0.29) is 11.6 Å². The molecule has 0 saturated heterocycles. The second kappa shape index (κ2) is 8.82. The van der Waals surface area contributed by atoms with Crippen molar-refractivity contribution in [2.45, 2.75) is 17.9 Å². The van der Waals surface area contributed by atoms with E-state index in [0.717, 1.165) is 12.1 Å². The van der Waals surface area contributed by atoms with Crippen LogP contribution >= 0.6 is 0 Å². The van der Waals surface area contributed by atoms with Gasteiger partial charge in [0.2, 0.25) is 0 Å². The molecule has 1 amide bonds. The van der Waals surface area contributed by atoms with Crippen LogP contribution in [0.5, 0.6) is 0 Å². The van der Waals surface area contributed by atoms with Crippen LogP contribution in [0.4, 0.5) is 14.5 Å². The first kappa shape index (κ1) is 20.5. The summed E-state index contributed by atoms with van der Waals surface area (Å²) < 4.78 is 54.8. The Morgan fingerprint density at radius 2 is 1.83 bits per heavy atom. The highest BCUT2D eigenvalue weighted by Crippen LogP contribution is 2.18. The molecule has 3 aromatic rings. The zero-order chi connectivity index (χ0) is 20.9. The number of benzene rings is 2. The predicted molar refractivity (Wildman–Crippen MR) is 103 cm³/mol. The topological polar surface area (TPSA) is 93.1 Å². The van der Waals surface area contributed by atoms with Gasteiger partial charge in [0.15, 0.2) is 11.6 Å². The number of carbonyl (C=O) groups is 1. The Morgan fingerprint density at radius 3 is 2.48 bits per heavy atom. The maximum atomic E-state index is 13.3. The number of nitrogens with zero attached hydrogens (tertiary/aromatic N) is 2. The number of hydrogen-bond donors (Lipinski definition) is 2. The summed E-state index contributed by atoms with van der Waals surface area (Å²) in [4.78, 5) is 11.7. The Balaban J connectivity index is 1.56. The minimum absolute atomic E-state index is 0.185. The van der Waals surface area contributed by atoms with Crippen LogP contribution in [0.3, 0.4) is 0 Å². The van der Waals surface area contributed by atoms with Crippen molar-refractivity contribution in [1.82, 2.24) is 15.1 Å². The van der Waals surface area contributed by atoms with E-state index in [0.29, 0.717) is 31.1 Å². The van der Waals surface area contributed by atoms with E-state index in [1.54, 1.807) is 10.9 Å². The minimum atomic E-state index is -4.09. The van der Waals surface area contributed by atoms with Crippen LogP contribution in [0.2, 0.25) is 0 Å². The minimum Gasteiger partial charge on any atom is -0.352 e. The van der Waals surface area contributed by atoms with Crippen LogP contribution in [0.15, 0.2) is 65.8 Å². The summed E-state index contributed by atoms with van der Waals surface area (Å²) in [5, 5.41) is 6.84. The van der Waals surface area contributed by atoms with E-state index < -0.39 is 26.6 Å². The normalized spacial score (nSPS) is 11.2. The number of amides is 1. The van der Waals surface area contributed by atoms with Crippen LogP contribution in [-0.2, 0) is 16.6 Å². The lowest BCUT2D eigenvalue weighted by Crippen LogP contribution is -2.25. The Bertz CT molecular complexity index is 1090. The Morgan fingerprint density at radius 1 is 1.07 bits per heavy atom. The van der Waals surface area contributed by atoms with Gasteiger partial charge in [0.1, 0.15) is 0 Å². The van der Waals surface area contributed by atoms with Crippen molar-refractivity contribution in [3.05, 3.63) is 78.1 Å². The third-order valence-electron chi connectivity index (χ3n) is 4.01. The van der Waals surface area contributed by atoms with Gasteiger partial charge in [0.05, 0.1) is 4.90 Å². The molecule has 2 aromatic carbocycles. The van der Waals surface area contributed by atoms with Crippen molar-refractivity contribution in [1.29, 1.82) is 0 Å². The molecule has 0 aliphatic rings. The van der Waals surface area contributed by atoms with Gasteiger partial charge in [-0.1, -0.05) is 0 Å². The number of hydrogen-bond acceptors (Lipinski definition) is 4. The molecular formula is C19H18F2N4O3S. The molecule has 0 aliphatic carbocycles. The highest BCUT2D eigenvalue weighted by molar-refractivity contribution is 7.92. The second-order valence-corrected chi connectivity index (χ2v) is 7.82. The number of rotatable bonds is 8.